The lowest BCUT2D eigenvalue weighted by Gasteiger charge is -2.43. The number of hydrogen-bond acceptors (Lipinski definition) is 9. The van der Waals surface area contributed by atoms with Gasteiger partial charge in [-0.15, -0.1) is 0 Å². The third kappa shape index (κ3) is 7.67. The molecule has 0 spiro atoms. The van der Waals surface area contributed by atoms with Gasteiger partial charge in [-0.05, 0) is 48.2 Å². The van der Waals surface area contributed by atoms with E-state index in [4.69, 9.17) is 35.3 Å². The average Bonchev–Trinajstić information content (AvgIpc) is 2.83. The van der Waals surface area contributed by atoms with E-state index in [0.717, 1.165) is 16.9 Å². The van der Waals surface area contributed by atoms with Crippen molar-refractivity contribution in [2.75, 3.05) is 13.2 Å². The maximum Gasteiger partial charge on any atom is 0.303 e. The maximum atomic E-state index is 11.8. The van der Waals surface area contributed by atoms with Gasteiger partial charge in [0.25, 0.3) is 0 Å². The summed E-state index contributed by atoms with van der Waals surface area (Å²) in [5.41, 5.74) is 2.33. The molecule has 2 aromatic rings. The molecule has 1 saturated heterocycles. The van der Waals surface area contributed by atoms with Crippen LogP contribution in [0.4, 0.5) is 0 Å². The number of ether oxygens (including phenoxy) is 5. The standard InChI is InChI=1S/C27H31ClO9/c1-5-33-21-9-6-18(7-10-21)12-20-13-19(8-11-22(20)28)25-24(32)27(36-17(4)31)26(35-16(3)30)23(37-25)14-34-15(2)29/h6-11,13,23-27,32H,5,12,14H2,1-4H3/t23-,24+,25+,26-,27-/m1/s1. The van der Waals surface area contributed by atoms with Gasteiger partial charge in [0.15, 0.2) is 12.2 Å². The topological polar surface area (TPSA) is 118 Å². The van der Waals surface area contributed by atoms with Gasteiger partial charge < -0.3 is 28.8 Å². The van der Waals surface area contributed by atoms with Crippen molar-refractivity contribution >= 4 is 29.5 Å². The van der Waals surface area contributed by atoms with Crippen LogP contribution in [0.3, 0.4) is 0 Å². The molecule has 5 atom stereocenters. The van der Waals surface area contributed by atoms with Gasteiger partial charge >= 0.3 is 17.9 Å². The molecule has 0 aromatic heterocycles. The number of halogens is 1. The van der Waals surface area contributed by atoms with Crippen LogP contribution in [0.2, 0.25) is 5.02 Å². The number of benzene rings is 2. The van der Waals surface area contributed by atoms with Crippen molar-refractivity contribution < 1.29 is 43.2 Å². The van der Waals surface area contributed by atoms with Gasteiger partial charge in [0.05, 0.1) is 6.61 Å². The first-order valence-corrected chi connectivity index (χ1v) is 12.3. The number of hydrogen-bond donors (Lipinski definition) is 1. The Morgan fingerprint density at radius 2 is 1.59 bits per heavy atom. The molecule has 2 aromatic carbocycles. The Kier molecular flexibility index (Phi) is 9.91. The molecule has 200 valence electrons. The summed E-state index contributed by atoms with van der Waals surface area (Å²) < 4.78 is 27.4. The van der Waals surface area contributed by atoms with E-state index in [2.05, 4.69) is 0 Å². The molecule has 9 nitrogen and oxygen atoms in total. The first-order chi connectivity index (χ1) is 17.6. The summed E-state index contributed by atoms with van der Waals surface area (Å²) in [7, 11) is 0. The molecule has 0 amide bonds. The van der Waals surface area contributed by atoms with Crippen LogP contribution in [0.1, 0.15) is 50.5 Å². The quantitative estimate of drug-likeness (QED) is 0.380. The molecule has 10 heteroatoms. The molecule has 0 bridgehead atoms. The SMILES string of the molecule is CCOc1ccc(Cc2cc([C@@H]3O[C@H](COC(C)=O)[C@@H](OC(C)=O)[C@H](OC(C)=O)[C@H]3O)ccc2Cl)cc1. The Hall–Kier alpha value is -3.14. The fourth-order valence-corrected chi connectivity index (χ4v) is 4.38. The number of aliphatic hydroxyl groups is 1. The van der Waals surface area contributed by atoms with Crippen LogP contribution in [0.15, 0.2) is 42.5 Å². The zero-order valence-corrected chi connectivity index (χ0v) is 21.9. The number of aliphatic hydroxyl groups excluding tert-OH is 1. The van der Waals surface area contributed by atoms with E-state index in [-0.39, 0.29) is 6.61 Å². The lowest BCUT2D eigenvalue weighted by Crippen LogP contribution is -2.58. The summed E-state index contributed by atoms with van der Waals surface area (Å²) in [5.74, 6) is -1.16. The molecule has 1 N–H and O–H groups in total. The molecule has 0 aliphatic carbocycles. The Morgan fingerprint density at radius 1 is 0.946 bits per heavy atom. The van der Waals surface area contributed by atoms with Gasteiger partial charge in [-0.1, -0.05) is 35.9 Å². The van der Waals surface area contributed by atoms with Gasteiger partial charge in [0.1, 0.15) is 30.7 Å². The number of esters is 3. The smallest absolute Gasteiger partial charge is 0.303 e. The summed E-state index contributed by atoms with van der Waals surface area (Å²) in [6.45, 7) is 5.80. The van der Waals surface area contributed by atoms with Crippen LogP contribution in [0.5, 0.6) is 5.75 Å². The highest BCUT2D eigenvalue weighted by Gasteiger charge is 2.50. The number of carbonyl (C=O) groups is 3. The third-order valence-corrected chi connectivity index (χ3v) is 6.11. The van der Waals surface area contributed by atoms with Crippen LogP contribution in [0.25, 0.3) is 0 Å². The van der Waals surface area contributed by atoms with Crippen molar-refractivity contribution in [1.29, 1.82) is 0 Å². The molecule has 1 heterocycles. The largest absolute Gasteiger partial charge is 0.494 e. The van der Waals surface area contributed by atoms with Gasteiger partial charge in [-0.2, -0.15) is 0 Å². The van der Waals surface area contributed by atoms with Crippen LogP contribution in [0, 0.1) is 0 Å². The minimum Gasteiger partial charge on any atom is -0.494 e. The number of rotatable bonds is 9. The highest BCUT2D eigenvalue weighted by Crippen LogP contribution is 2.37. The molecule has 1 aliphatic heterocycles. The molecule has 0 radical (unpaired) electrons. The molecule has 1 aliphatic rings. The third-order valence-electron chi connectivity index (χ3n) is 5.74. The monoisotopic (exact) mass is 534 g/mol. The maximum absolute atomic E-state index is 11.8. The fourth-order valence-electron chi connectivity index (χ4n) is 4.19. The first-order valence-electron chi connectivity index (χ1n) is 11.9. The molecule has 3 rings (SSSR count). The first kappa shape index (κ1) is 28.4. The molecule has 0 unspecified atom stereocenters. The Labute approximate surface area is 220 Å². The summed E-state index contributed by atoms with van der Waals surface area (Å²) in [6.07, 6.45) is -5.33. The Bertz CT molecular complexity index is 1100. The molecular formula is C27H31ClO9. The normalized spacial score (nSPS) is 23.1. The second-order valence-electron chi connectivity index (χ2n) is 8.64. The number of carbonyl (C=O) groups excluding carboxylic acids is 3. The summed E-state index contributed by atoms with van der Waals surface area (Å²) >= 11 is 6.48. The summed E-state index contributed by atoms with van der Waals surface area (Å²) in [6, 6.07) is 12.8. The van der Waals surface area contributed by atoms with Crippen molar-refractivity contribution in [3.8, 4) is 5.75 Å². The molecular weight excluding hydrogens is 504 g/mol. The lowest BCUT2D eigenvalue weighted by molar-refractivity contribution is -0.249. The minimum absolute atomic E-state index is 0.277. The predicted molar refractivity (Wildman–Crippen MR) is 133 cm³/mol. The van der Waals surface area contributed by atoms with E-state index in [9.17, 15) is 19.5 Å². The predicted octanol–water partition coefficient (Wildman–Crippen LogP) is 3.56. The zero-order valence-electron chi connectivity index (χ0n) is 21.1. The Balaban J connectivity index is 1.92. The summed E-state index contributed by atoms with van der Waals surface area (Å²) in [5, 5.41) is 11.7. The molecule has 0 saturated carbocycles. The van der Waals surface area contributed by atoms with E-state index in [1.807, 2.05) is 31.2 Å². The Morgan fingerprint density at radius 3 is 2.19 bits per heavy atom. The van der Waals surface area contributed by atoms with Crippen molar-refractivity contribution in [2.24, 2.45) is 0 Å². The van der Waals surface area contributed by atoms with E-state index in [1.165, 1.54) is 20.8 Å². The zero-order chi connectivity index (χ0) is 27.1. The van der Waals surface area contributed by atoms with Gasteiger partial charge in [-0.3, -0.25) is 14.4 Å². The highest BCUT2D eigenvalue weighted by atomic mass is 35.5. The summed E-state index contributed by atoms with van der Waals surface area (Å²) in [4.78, 5) is 35.1. The van der Waals surface area contributed by atoms with E-state index >= 15 is 0 Å². The van der Waals surface area contributed by atoms with Crippen LogP contribution < -0.4 is 4.74 Å². The molecule has 1 fully saturated rings. The van der Waals surface area contributed by atoms with Gasteiger partial charge in [-0.25, -0.2) is 0 Å². The van der Waals surface area contributed by atoms with Crippen LogP contribution in [-0.4, -0.2) is 60.6 Å². The molecule has 37 heavy (non-hydrogen) atoms. The van der Waals surface area contributed by atoms with Crippen molar-refractivity contribution in [2.45, 2.75) is 64.6 Å². The van der Waals surface area contributed by atoms with E-state index < -0.39 is 48.4 Å². The lowest BCUT2D eigenvalue weighted by atomic mass is 9.89. The second kappa shape index (κ2) is 12.9. The van der Waals surface area contributed by atoms with Crippen molar-refractivity contribution in [3.05, 3.63) is 64.2 Å². The fraction of sp³-hybridized carbons (Fsp3) is 0.444. The van der Waals surface area contributed by atoms with Crippen molar-refractivity contribution in [1.82, 2.24) is 0 Å². The average molecular weight is 535 g/mol. The van der Waals surface area contributed by atoms with Crippen LogP contribution in [-0.2, 0) is 39.8 Å². The van der Waals surface area contributed by atoms with E-state index in [1.54, 1.807) is 18.2 Å². The van der Waals surface area contributed by atoms with E-state index in [0.29, 0.717) is 23.6 Å². The minimum atomic E-state index is -1.39. The van der Waals surface area contributed by atoms with Gasteiger partial charge in [0, 0.05) is 25.8 Å². The highest BCUT2D eigenvalue weighted by molar-refractivity contribution is 6.31. The second-order valence-corrected chi connectivity index (χ2v) is 9.05. The van der Waals surface area contributed by atoms with Gasteiger partial charge in [0.2, 0.25) is 0 Å². The van der Waals surface area contributed by atoms with Crippen LogP contribution >= 0.6 is 11.6 Å². The van der Waals surface area contributed by atoms with Crippen molar-refractivity contribution in [3.63, 3.8) is 0 Å².